The first kappa shape index (κ1) is 28.1. The van der Waals surface area contributed by atoms with Gasteiger partial charge in [0.1, 0.15) is 11.4 Å². The standard InChI is InChI=1S/C30H37FN2O4/c1-20-25(27(34)36-8)30(23-16-12-13-17-24(23)31,32(6)18-22-14-10-9-11-15-22)26(21(2)33(20)7)28(35)37-19-29(3,4)5/h9-17H,18-19H2,1-8H3. The van der Waals surface area contributed by atoms with Crippen LogP contribution in [0.5, 0.6) is 0 Å². The maximum atomic E-state index is 15.8. The number of hydrogen-bond donors (Lipinski definition) is 0. The van der Waals surface area contributed by atoms with Crippen LogP contribution < -0.4 is 0 Å². The summed E-state index contributed by atoms with van der Waals surface area (Å²) in [6.07, 6.45) is 0. The van der Waals surface area contributed by atoms with Gasteiger partial charge in [-0.3, -0.25) is 4.90 Å². The number of carbonyl (C=O) groups is 2. The zero-order chi connectivity index (χ0) is 27.5. The lowest BCUT2D eigenvalue weighted by atomic mass is 9.70. The molecule has 2 aromatic carbocycles. The summed E-state index contributed by atoms with van der Waals surface area (Å²) in [6, 6.07) is 15.9. The summed E-state index contributed by atoms with van der Waals surface area (Å²) in [5.74, 6) is -1.81. The zero-order valence-electron chi connectivity index (χ0n) is 23.0. The first-order chi connectivity index (χ1) is 17.4. The van der Waals surface area contributed by atoms with Gasteiger partial charge in [0.05, 0.1) is 24.9 Å². The molecular weight excluding hydrogens is 471 g/mol. The second-order valence-corrected chi connectivity index (χ2v) is 10.6. The van der Waals surface area contributed by atoms with Crippen molar-refractivity contribution >= 4 is 11.9 Å². The summed E-state index contributed by atoms with van der Waals surface area (Å²) in [6.45, 7) is 9.92. The number of likely N-dealkylation sites (N-methyl/N-ethyl adjacent to an activating group) is 1. The predicted octanol–water partition coefficient (Wildman–Crippen LogP) is 5.41. The van der Waals surface area contributed by atoms with Crippen molar-refractivity contribution in [3.63, 3.8) is 0 Å². The Balaban J connectivity index is 2.42. The van der Waals surface area contributed by atoms with Crippen molar-refractivity contribution in [3.8, 4) is 0 Å². The highest BCUT2D eigenvalue weighted by atomic mass is 19.1. The molecule has 0 fully saturated rings. The lowest BCUT2D eigenvalue weighted by Gasteiger charge is -2.49. The molecule has 0 bridgehead atoms. The van der Waals surface area contributed by atoms with Gasteiger partial charge in [-0.1, -0.05) is 69.3 Å². The van der Waals surface area contributed by atoms with Crippen LogP contribution >= 0.6 is 0 Å². The number of ether oxygens (including phenoxy) is 2. The van der Waals surface area contributed by atoms with Gasteiger partial charge < -0.3 is 14.4 Å². The van der Waals surface area contributed by atoms with Gasteiger partial charge in [-0.05, 0) is 37.9 Å². The summed E-state index contributed by atoms with van der Waals surface area (Å²) in [5.41, 5.74) is 0.641. The van der Waals surface area contributed by atoms with Crippen LogP contribution in [0.3, 0.4) is 0 Å². The van der Waals surface area contributed by atoms with Crippen LogP contribution in [0.2, 0.25) is 0 Å². The first-order valence-corrected chi connectivity index (χ1v) is 12.3. The van der Waals surface area contributed by atoms with Crippen LogP contribution in [0.25, 0.3) is 0 Å². The van der Waals surface area contributed by atoms with E-state index in [-0.39, 0.29) is 28.7 Å². The van der Waals surface area contributed by atoms with Gasteiger partial charge >= 0.3 is 11.9 Å². The molecule has 1 atom stereocenters. The fourth-order valence-corrected chi connectivity index (χ4v) is 4.87. The Labute approximate surface area is 219 Å². The van der Waals surface area contributed by atoms with E-state index in [1.54, 1.807) is 51.0 Å². The Morgan fingerprint density at radius 2 is 1.49 bits per heavy atom. The molecule has 0 saturated heterocycles. The summed E-state index contributed by atoms with van der Waals surface area (Å²) >= 11 is 0. The first-order valence-electron chi connectivity index (χ1n) is 12.3. The second kappa shape index (κ2) is 10.9. The third-order valence-corrected chi connectivity index (χ3v) is 6.78. The molecule has 0 aliphatic carbocycles. The van der Waals surface area contributed by atoms with Gasteiger partial charge in [0.25, 0.3) is 0 Å². The molecule has 198 valence electrons. The quantitative estimate of drug-likeness (QED) is 0.466. The zero-order valence-corrected chi connectivity index (χ0v) is 23.0. The number of benzene rings is 2. The molecule has 37 heavy (non-hydrogen) atoms. The average molecular weight is 509 g/mol. The molecule has 7 heteroatoms. The predicted molar refractivity (Wildman–Crippen MR) is 142 cm³/mol. The van der Waals surface area contributed by atoms with Gasteiger partial charge in [0, 0.05) is 30.5 Å². The van der Waals surface area contributed by atoms with Crippen molar-refractivity contribution in [1.82, 2.24) is 9.80 Å². The van der Waals surface area contributed by atoms with Crippen LogP contribution in [0.15, 0.2) is 77.1 Å². The Morgan fingerprint density at radius 1 is 0.946 bits per heavy atom. The molecule has 0 aromatic heterocycles. The lowest BCUT2D eigenvalue weighted by molar-refractivity contribution is -0.144. The smallest absolute Gasteiger partial charge is 0.338 e. The molecule has 1 aliphatic heterocycles. The van der Waals surface area contributed by atoms with E-state index in [4.69, 9.17) is 9.47 Å². The Bertz CT molecular complexity index is 1230. The van der Waals surface area contributed by atoms with E-state index in [9.17, 15) is 9.59 Å². The number of carbonyl (C=O) groups excluding carboxylic acids is 2. The van der Waals surface area contributed by atoms with Crippen molar-refractivity contribution in [2.75, 3.05) is 27.8 Å². The van der Waals surface area contributed by atoms with Crippen molar-refractivity contribution in [1.29, 1.82) is 0 Å². The number of hydrogen-bond acceptors (Lipinski definition) is 6. The molecule has 1 heterocycles. The molecule has 0 saturated carbocycles. The highest BCUT2D eigenvalue weighted by Gasteiger charge is 2.56. The van der Waals surface area contributed by atoms with Crippen molar-refractivity contribution in [2.24, 2.45) is 5.41 Å². The number of methoxy groups -OCH3 is 1. The Kier molecular flexibility index (Phi) is 8.28. The third-order valence-electron chi connectivity index (χ3n) is 6.78. The van der Waals surface area contributed by atoms with Crippen molar-refractivity contribution in [2.45, 2.75) is 46.7 Å². The van der Waals surface area contributed by atoms with E-state index in [1.807, 2.05) is 56.0 Å². The molecule has 0 radical (unpaired) electrons. The van der Waals surface area contributed by atoms with Gasteiger partial charge in [0.15, 0.2) is 0 Å². The monoisotopic (exact) mass is 508 g/mol. The molecular formula is C30H37FN2O4. The van der Waals surface area contributed by atoms with E-state index in [0.29, 0.717) is 17.9 Å². The summed E-state index contributed by atoms with van der Waals surface area (Å²) < 4.78 is 26.9. The molecule has 2 aromatic rings. The molecule has 0 amide bonds. The fourth-order valence-electron chi connectivity index (χ4n) is 4.87. The lowest BCUT2D eigenvalue weighted by Crippen LogP contribution is -2.55. The van der Waals surface area contributed by atoms with Crippen LogP contribution in [-0.4, -0.2) is 49.6 Å². The number of nitrogens with zero attached hydrogens (tertiary/aromatic N) is 2. The third kappa shape index (κ3) is 5.32. The maximum absolute atomic E-state index is 15.8. The summed E-state index contributed by atoms with van der Waals surface area (Å²) in [7, 11) is 4.84. The van der Waals surface area contributed by atoms with Gasteiger partial charge in [0.2, 0.25) is 0 Å². The van der Waals surface area contributed by atoms with Crippen LogP contribution in [0.1, 0.15) is 45.7 Å². The molecule has 1 aliphatic rings. The van der Waals surface area contributed by atoms with Crippen molar-refractivity contribution < 1.29 is 23.5 Å². The van der Waals surface area contributed by atoms with Crippen LogP contribution in [0, 0.1) is 11.2 Å². The van der Waals surface area contributed by atoms with E-state index >= 15 is 4.39 Å². The van der Waals surface area contributed by atoms with E-state index in [0.717, 1.165) is 5.56 Å². The Hall–Kier alpha value is -3.45. The second-order valence-electron chi connectivity index (χ2n) is 10.6. The van der Waals surface area contributed by atoms with Crippen molar-refractivity contribution in [3.05, 3.63) is 94.1 Å². The number of rotatable bonds is 7. The minimum atomic E-state index is -1.62. The minimum Gasteiger partial charge on any atom is -0.466 e. The van der Waals surface area contributed by atoms with Gasteiger partial charge in [-0.2, -0.15) is 0 Å². The van der Waals surface area contributed by atoms with E-state index in [1.165, 1.54) is 13.2 Å². The fraction of sp³-hybridized carbons (Fsp3) is 0.400. The largest absolute Gasteiger partial charge is 0.466 e. The summed E-state index contributed by atoms with van der Waals surface area (Å²) in [4.78, 5) is 31.1. The number of esters is 2. The van der Waals surface area contributed by atoms with Gasteiger partial charge in [-0.25, -0.2) is 14.0 Å². The number of halogens is 1. The average Bonchev–Trinajstić information content (AvgIpc) is 2.85. The Morgan fingerprint density at radius 3 is 2.03 bits per heavy atom. The summed E-state index contributed by atoms with van der Waals surface area (Å²) in [5, 5.41) is 0. The molecule has 0 N–H and O–H groups in total. The molecule has 0 spiro atoms. The molecule has 3 rings (SSSR count). The van der Waals surface area contributed by atoms with Gasteiger partial charge in [-0.15, -0.1) is 0 Å². The highest BCUT2D eigenvalue weighted by Crippen LogP contribution is 2.50. The number of allylic oxidation sites excluding steroid dienone is 2. The normalized spacial score (nSPS) is 18.4. The SMILES string of the molecule is COC(=O)C1=C(C)N(C)C(C)=C(C(=O)OCC(C)(C)C)C1(c1ccccc1F)N(C)Cc1ccccc1. The van der Waals surface area contributed by atoms with E-state index < -0.39 is 23.3 Å². The molecule has 1 unspecified atom stereocenters. The van der Waals surface area contributed by atoms with Crippen LogP contribution in [0.4, 0.5) is 4.39 Å². The minimum absolute atomic E-state index is 0.151. The highest BCUT2D eigenvalue weighted by molar-refractivity contribution is 6.01. The molecule has 6 nitrogen and oxygen atoms in total. The topological polar surface area (TPSA) is 59.1 Å². The maximum Gasteiger partial charge on any atom is 0.338 e. The van der Waals surface area contributed by atoms with E-state index in [2.05, 4.69) is 0 Å². The van der Waals surface area contributed by atoms with Crippen LogP contribution in [-0.2, 0) is 31.1 Å².